The molecule has 0 spiro atoms. The van der Waals surface area contributed by atoms with Crippen LogP contribution < -0.4 is 5.32 Å². The molecule has 106 valence electrons. The van der Waals surface area contributed by atoms with Crippen molar-refractivity contribution in [1.29, 1.82) is 0 Å². The zero-order valence-electron chi connectivity index (χ0n) is 12.2. The van der Waals surface area contributed by atoms with Crippen LogP contribution in [0.15, 0.2) is 24.5 Å². The van der Waals surface area contributed by atoms with Gasteiger partial charge in [-0.25, -0.2) is 0 Å². The fourth-order valence-corrected chi connectivity index (χ4v) is 2.74. The Labute approximate surface area is 116 Å². The minimum Gasteiger partial charge on any atom is -0.314 e. The first-order chi connectivity index (χ1) is 9.35. The number of hydrogen-bond acceptors (Lipinski definition) is 4. The molecule has 0 aliphatic carbocycles. The van der Waals surface area contributed by atoms with Crippen LogP contribution in [0.25, 0.3) is 0 Å². The Balaban J connectivity index is 2.12. The third kappa shape index (κ3) is 4.00. The average Bonchev–Trinajstić information content (AvgIpc) is 2.50. The van der Waals surface area contributed by atoms with E-state index in [2.05, 4.69) is 46.1 Å². The highest BCUT2D eigenvalue weighted by molar-refractivity contribution is 5.16. The zero-order valence-corrected chi connectivity index (χ0v) is 12.2. The molecule has 0 amide bonds. The molecule has 1 aliphatic rings. The summed E-state index contributed by atoms with van der Waals surface area (Å²) in [4.78, 5) is 9.26. The molecule has 19 heavy (non-hydrogen) atoms. The van der Waals surface area contributed by atoms with Crippen LogP contribution in [0.3, 0.4) is 0 Å². The van der Waals surface area contributed by atoms with Gasteiger partial charge in [-0.3, -0.25) is 9.88 Å². The summed E-state index contributed by atoms with van der Waals surface area (Å²) in [6, 6.07) is 4.82. The lowest BCUT2D eigenvalue weighted by Crippen LogP contribution is -2.48. The van der Waals surface area contributed by atoms with Gasteiger partial charge in [0, 0.05) is 51.2 Å². The van der Waals surface area contributed by atoms with Crippen molar-refractivity contribution in [1.82, 2.24) is 20.1 Å². The molecule has 2 heterocycles. The fourth-order valence-electron chi connectivity index (χ4n) is 2.74. The maximum absolute atomic E-state index is 4.15. The van der Waals surface area contributed by atoms with E-state index in [1.807, 2.05) is 12.4 Å². The number of piperazine rings is 1. The quantitative estimate of drug-likeness (QED) is 0.839. The molecule has 0 bridgehead atoms. The van der Waals surface area contributed by atoms with Crippen molar-refractivity contribution in [3.63, 3.8) is 0 Å². The van der Waals surface area contributed by atoms with Gasteiger partial charge >= 0.3 is 0 Å². The summed E-state index contributed by atoms with van der Waals surface area (Å²) in [7, 11) is 0. The number of nitrogens with one attached hydrogen (secondary N) is 1. The van der Waals surface area contributed by atoms with Crippen LogP contribution in [-0.2, 0) is 0 Å². The Morgan fingerprint density at radius 1 is 1.21 bits per heavy atom. The van der Waals surface area contributed by atoms with Crippen LogP contribution in [0.1, 0.15) is 25.5 Å². The van der Waals surface area contributed by atoms with E-state index < -0.39 is 0 Å². The topological polar surface area (TPSA) is 31.4 Å². The summed E-state index contributed by atoms with van der Waals surface area (Å²) in [6.45, 7) is 12.3. The second-order valence-corrected chi connectivity index (χ2v) is 5.07. The maximum Gasteiger partial charge on any atom is 0.0477 e. The van der Waals surface area contributed by atoms with E-state index in [9.17, 15) is 0 Å². The lowest BCUT2D eigenvalue weighted by molar-refractivity contribution is 0.129. The number of pyridine rings is 1. The molecule has 4 nitrogen and oxygen atoms in total. The van der Waals surface area contributed by atoms with E-state index >= 15 is 0 Å². The Bertz CT molecular complexity index is 344. The molecule has 1 aromatic rings. The van der Waals surface area contributed by atoms with E-state index in [1.165, 1.54) is 5.56 Å². The molecule has 1 saturated heterocycles. The zero-order chi connectivity index (χ0) is 13.5. The molecular formula is C15H26N4. The molecule has 1 N–H and O–H groups in total. The van der Waals surface area contributed by atoms with Gasteiger partial charge in [-0.15, -0.1) is 0 Å². The largest absolute Gasteiger partial charge is 0.314 e. The van der Waals surface area contributed by atoms with Gasteiger partial charge in [0.15, 0.2) is 0 Å². The van der Waals surface area contributed by atoms with Gasteiger partial charge in [0.25, 0.3) is 0 Å². The standard InChI is InChI=1S/C15H26N4/c1-3-18(4-2)13-15(14-5-7-16-8-6-14)19-11-9-17-10-12-19/h5-8,15,17H,3-4,9-13H2,1-2H3. The van der Waals surface area contributed by atoms with Crippen molar-refractivity contribution in [2.75, 3.05) is 45.8 Å². The van der Waals surface area contributed by atoms with Crippen molar-refractivity contribution in [2.24, 2.45) is 0 Å². The minimum atomic E-state index is 0.491. The number of aromatic nitrogens is 1. The number of hydrogen-bond donors (Lipinski definition) is 1. The third-order valence-electron chi connectivity index (χ3n) is 4.01. The number of nitrogens with zero attached hydrogens (tertiary/aromatic N) is 3. The fraction of sp³-hybridized carbons (Fsp3) is 0.667. The predicted octanol–water partition coefficient (Wildman–Crippen LogP) is 1.37. The van der Waals surface area contributed by atoms with Gasteiger partial charge in [-0.2, -0.15) is 0 Å². The summed E-state index contributed by atoms with van der Waals surface area (Å²) in [5, 5.41) is 3.43. The Morgan fingerprint density at radius 2 is 1.84 bits per heavy atom. The van der Waals surface area contributed by atoms with Crippen LogP contribution >= 0.6 is 0 Å². The predicted molar refractivity (Wildman–Crippen MR) is 79.2 cm³/mol. The van der Waals surface area contributed by atoms with E-state index in [0.29, 0.717) is 6.04 Å². The van der Waals surface area contributed by atoms with Gasteiger partial charge in [0.2, 0.25) is 0 Å². The van der Waals surface area contributed by atoms with Crippen LogP contribution in [0.5, 0.6) is 0 Å². The first kappa shape index (κ1) is 14.4. The Morgan fingerprint density at radius 3 is 2.42 bits per heavy atom. The first-order valence-corrected chi connectivity index (χ1v) is 7.42. The molecule has 1 aliphatic heterocycles. The van der Waals surface area contributed by atoms with E-state index in [-0.39, 0.29) is 0 Å². The van der Waals surface area contributed by atoms with E-state index in [4.69, 9.17) is 0 Å². The van der Waals surface area contributed by atoms with Crippen molar-refractivity contribution < 1.29 is 0 Å². The molecule has 1 unspecified atom stereocenters. The summed E-state index contributed by atoms with van der Waals surface area (Å²) >= 11 is 0. The monoisotopic (exact) mass is 262 g/mol. The summed E-state index contributed by atoms with van der Waals surface area (Å²) < 4.78 is 0. The molecule has 0 radical (unpaired) electrons. The van der Waals surface area contributed by atoms with Crippen molar-refractivity contribution >= 4 is 0 Å². The number of likely N-dealkylation sites (N-methyl/N-ethyl adjacent to an activating group) is 1. The highest BCUT2D eigenvalue weighted by atomic mass is 15.2. The van der Waals surface area contributed by atoms with Crippen molar-refractivity contribution in [3.8, 4) is 0 Å². The minimum absolute atomic E-state index is 0.491. The van der Waals surface area contributed by atoms with Gasteiger partial charge in [0.1, 0.15) is 0 Å². The van der Waals surface area contributed by atoms with Gasteiger partial charge in [-0.1, -0.05) is 13.8 Å². The maximum atomic E-state index is 4.15. The van der Waals surface area contributed by atoms with Gasteiger partial charge < -0.3 is 10.2 Å². The van der Waals surface area contributed by atoms with Crippen LogP contribution in [0.4, 0.5) is 0 Å². The second-order valence-electron chi connectivity index (χ2n) is 5.07. The molecule has 1 atom stereocenters. The molecule has 4 heteroatoms. The SMILES string of the molecule is CCN(CC)CC(c1ccncc1)N1CCNCC1. The van der Waals surface area contributed by atoms with Gasteiger partial charge in [0.05, 0.1) is 0 Å². The second kappa shape index (κ2) is 7.58. The smallest absolute Gasteiger partial charge is 0.0477 e. The molecular weight excluding hydrogens is 236 g/mol. The molecule has 0 saturated carbocycles. The number of rotatable bonds is 6. The molecule has 1 fully saturated rings. The first-order valence-electron chi connectivity index (χ1n) is 7.42. The highest BCUT2D eigenvalue weighted by Gasteiger charge is 2.23. The summed E-state index contributed by atoms with van der Waals surface area (Å²) in [6.07, 6.45) is 3.82. The summed E-state index contributed by atoms with van der Waals surface area (Å²) in [5.41, 5.74) is 1.39. The Kier molecular flexibility index (Phi) is 5.76. The lowest BCUT2D eigenvalue weighted by Gasteiger charge is -2.37. The van der Waals surface area contributed by atoms with Crippen molar-refractivity contribution in [3.05, 3.63) is 30.1 Å². The normalized spacial score (nSPS) is 18.7. The average molecular weight is 262 g/mol. The van der Waals surface area contributed by atoms with Crippen LogP contribution in [-0.4, -0.2) is 60.6 Å². The third-order valence-corrected chi connectivity index (χ3v) is 4.01. The molecule has 1 aromatic heterocycles. The highest BCUT2D eigenvalue weighted by Crippen LogP contribution is 2.21. The summed E-state index contributed by atoms with van der Waals surface area (Å²) in [5.74, 6) is 0. The van der Waals surface area contributed by atoms with Gasteiger partial charge in [-0.05, 0) is 30.8 Å². The van der Waals surface area contributed by atoms with E-state index in [1.54, 1.807) is 0 Å². The van der Waals surface area contributed by atoms with Crippen LogP contribution in [0.2, 0.25) is 0 Å². The van der Waals surface area contributed by atoms with E-state index in [0.717, 1.165) is 45.8 Å². The molecule has 2 rings (SSSR count). The van der Waals surface area contributed by atoms with Crippen LogP contribution in [0, 0.1) is 0 Å². The Hall–Kier alpha value is -0.970. The molecule has 0 aromatic carbocycles. The lowest BCUT2D eigenvalue weighted by atomic mass is 10.1. The van der Waals surface area contributed by atoms with Crippen molar-refractivity contribution in [2.45, 2.75) is 19.9 Å².